The number of hydrogen-bond acceptors (Lipinski definition) is 5. The number of benzene rings is 1. The zero-order valence-electron chi connectivity index (χ0n) is 17.5. The summed E-state index contributed by atoms with van der Waals surface area (Å²) in [6.45, 7) is 5.05. The average molecular weight is 406 g/mol. The Labute approximate surface area is 175 Å². The Hall–Kier alpha value is -3.22. The smallest absolute Gasteiger partial charge is 0.309 e. The Bertz CT molecular complexity index is 1070. The third-order valence-electron chi connectivity index (χ3n) is 5.65. The van der Waals surface area contributed by atoms with Crippen LogP contribution in [0.2, 0.25) is 0 Å². The molecule has 0 radical (unpaired) electrons. The molecule has 1 aliphatic carbocycles. The molecule has 0 bridgehead atoms. The van der Waals surface area contributed by atoms with Crippen LogP contribution in [-0.4, -0.2) is 44.7 Å². The van der Waals surface area contributed by atoms with Gasteiger partial charge < -0.3 is 9.64 Å². The zero-order valence-corrected chi connectivity index (χ0v) is 17.5. The van der Waals surface area contributed by atoms with Gasteiger partial charge in [-0.3, -0.25) is 19.3 Å². The number of ether oxygens (including phenoxy) is 1. The van der Waals surface area contributed by atoms with E-state index in [-0.39, 0.29) is 23.7 Å². The Kier molecular flexibility index (Phi) is 5.53. The second-order valence-electron chi connectivity index (χ2n) is 7.82. The molecule has 2 atom stereocenters. The van der Waals surface area contributed by atoms with E-state index in [9.17, 15) is 9.59 Å². The molecule has 2 heterocycles. The lowest BCUT2D eigenvalue weighted by atomic mass is 10.1. The monoisotopic (exact) mass is 406 g/mol. The van der Waals surface area contributed by atoms with Crippen molar-refractivity contribution in [1.82, 2.24) is 19.7 Å². The van der Waals surface area contributed by atoms with Gasteiger partial charge in [0.05, 0.1) is 35.8 Å². The van der Waals surface area contributed by atoms with Crippen LogP contribution >= 0.6 is 0 Å². The first-order valence-corrected chi connectivity index (χ1v) is 10.3. The maximum Gasteiger partial charge on any atom is 0.309 e. The van der Waals surface area contributed by atoms with Crippen molar-refractivity contribution in [2.24, 2.45) is 18.9 Å². The third kappa shape index (κ3) is 4.06. The number of carbonyl (C=O) groups is 2. The number of amides is 1. The second kappa shape index (κ2) is 8.26. The molecule has 0 N–H and O–H groups in total. The highest BCUT2D eigenvalue weighted by atomic mass is 16.5. The van der Waals surface area contributed by atoms with Crippen molar-refractivity contribution in [3.8, 4) is 0 Å². The highest BCUT2D eigenvalue weighted by Crippen LogP contribution is 2.40. The first-order chi connectivity index (χ1) is 14.5. The van der Waals surface area contributed by atoms with Gasteiger partial charge in [-0.15, -0.1) is 0 Å². The van der Waals surface area contributed by atoms with Crippen molar-refractivity contribution in [2.45, 2.75) is 26.8 Å². The first-order valence-electron chi connectivity index (χ1n) is 10.3. The van der Waals surface area contributed by atoms with Gasteiger partial charge in [0.15, 0.2) is 0 Å². The quantitative estimate of drug-likeness (QED) is 0.564. The molecule has 1 aliphatic rings. The fourth-order valence-corrected chi connectivity index (χ4v) is 3.85. The van der Waals surface area contributed by atoms with Gasteiger partial charge in [0, 0.05) is 30.9 Å². The van der Waals surface area contributed by atoms with Crippen LogP contribution in [0.4, 0.5) is 0 Å². The van der Waals surface area contributed by atoms with Gasteiger partial charge in [-0.2, -0.15) is 5.10 Å². The summed E-state index contributed by atoms with van der Waals surface area (Å²) < 4.78 is 6.96. The summed E-state index contributed by atoms with van der Waals surface area (Å²) in [6, 6.07) is 11.4. The van der Waals surface area contributed by atoms with Gasteiger partial charge in [-0.25, -0.2) is 0 Å². The van der Waals surface area contributed by atoms with Crippen LogP contribution in [0.1, 0.15) is 35.1 Å². The maximum atomic E-state index is 13.6. The van der Waals surface area contributed by atoms with Gasteiger partial charge in [0.1, 0.15) is 0 Å². The molecule has 0 aliphatic heterocycles. The van der Waals surface area contributed by atoms with E-state index in [0.29, 0.717) is 25.3 Å². The topological polar surface area (TPSA) is 77.3 Å². The number of carbonyl (C=O) groups excluding carboxylic acids is 2. The molecule has 3 aromatic rings. The minimum absolute atomic E-state index is 0.0774. The summed E-state index contributed by atoms with van der Waals surface area (Å²) in [5, 5.41) is 5.34. The second-order valence-corrected chi connectivity index (χ2v) is 7.82. The van der Waals surface area contributed by atoms with Crippen LogP contribution < -0.4 is 0 Å². The molecule has 0 saturated heterocycles. The molecule has 30 heavy (non-hydrogen) atoms. The summed E-state index contributed by atoms with van der Waals surface area (Å²) in [7, 11) is 1.89. The molecule has 1 aromatic carbocycles. The Morgan fingerprint density at radius 3 is 2.80 bits per heavy atom. The summed E-state index contributed by atoms with van der Waals surface area (Å²) in [6.07, 6.45) is 2.41. The number of nitrogens with zero attached hydrogens (tertiary/aromatic N) is 4. The molecule has 4 rings (SSSR count). The van der Waals surface area contributed by atoms with Crippen molar-refractivity contribution in [3.63, 3.8) is 0 Å². The van der Waals surface area contributed by atoms with E-state index < -0.39 is 0 Å². The molecule has 0 spiro atoms. The van der Waals surface area contributed by atoms with E-state index in [1.54, 1.807) is 21.8 Å². The molecule has 156 valence electrons. The van der Waals surface area contributed by atoms with E-state index >= 15 is 0 Å². The molecule has 7 heteroatoms. The third-order valence-corrected chi connectivity index (χ3v) is 5.65. The first kappa shape index (κ1) is 20.1. The van der Waals surface area contributed by atoms with Crippen LogP contribution in [0.15, 0.2) is 42.6 Å². The molecule has 1 fully saturated rings. The molecule has 7 nitrogen and oxygen atoms in total. The summed E-state index contributed by atoms with van der Waals surface area (Å²) in [4.78, 5) is 31.8. The van der Waals surface area contributed by atoms with E-state index in [2.05, 4.69) is 10.1 Å². The van der Waals surface area contributed by atoms with E-state index in [0.717, 1.165) is 28.7 Å². The number of aryl methyl sites for hydroxylation is 2. The van der Waals surface area contributed by atoms with E-state index in [4.69, 9.17) is 4.74 Å². The fourth-order valence-electron chi connectivity index (χ4n) is 3.85. The predicted molar refractivity (Wildman–Crippen MR) is 113 cm³/mol. The standard InChI is InChI=1S/C23H26N4O3/c1-4-30-23(29)20-12-16(20)13-27(14-17-11-15(2)26(3)25-17)22(28)19-9-10-24-21-8-6-5-7-18(19)21/h5-11,16,20H,4,12-14H2,1-3H3/t16-,20-/m1/s1. The average Bonchev–Trinajstić information content (AvgIpc) is 3.44. The lowest BCUT2D eigenvalue weighted by Gasteiger charge is -2.23. The minimum atomic E-state index is -0.169. The van der Waals surface area contributed by atoms with Crippen LogP contribution in [0, 0.1) is 18.8 Å². The number of fused-ring (bicyclic) bond motifs is 1. The number of rotatable bonds is 7. The summed E-state index contributed by atoms with van der Waals surface area (Å²) in [5.41, 5.74) is 3.26. The SMILES string of the molecule is CCOC(=O)[C@@H]1C[C@@H]1CN(Cc1cc(C)n(C)n1)C(=O)c1ccnc2ccccc12. The van der Waals surface area contributed by atoms with E-state index in [1.165, 1.54) is 0 Å². The lowest BCUT2D eigenvalue weighted by Crippen LogP contribution is -2.33. The number of aromatic nitrogens is 3. The highest BCUT2D eigenvalue weighted by molar-refractivity contribution is 6.06. The van der Waals surface area contributed by atoms with Crippen LogP contribution in [0.3, 0.4) is 0 Å². The van der Waals surface area contributed by atoms with Gasteiger partial charge in [-0.1, -0.05) is 18.2 Å². The molecular weight excluding hydrogens is 380 g/mol. The number of para-hydroxylation sites is 1. The molecule has 2 aromatic heterocycles. The Balaban J connectivity index is 1.61. The minimum Gasteiger partial charge on any atom is -0.466 e. The number of esters is 1. The van der Waals surface area contributed by atoms with Crippen LogP contribution in [-0.2, 0) is 23.1 Å². The number of pyridine rings is 1. The summed E-state index contributed by atoms with van der Waals surface area (Å²) in [5.74, 6) is -0.254. The zero-order chi connectivity index (χ0) is 21.3. The van der Waals surface area contributed by atoms with Crippen molar-refractivity contribution in [2.75, 3.05) is 13.2 Å². The predicted octanol–water partition coefficient (Wildman–Crippen LogP) is 3.12. The Morgan fingerprint density at radius 2 is 2.07 bits per heavy atom. The van der Waals surface area contributed by atoms with Crippen molar-refractivity contribution in [1.29, 1.82) is 0 Å². The normalized spacial score (nSPS) is 17.7. The highest BCUT2D eigenvalue weighted by Gasteiger charge is 2.45. The van der Waals surface area contributed by atoms with Crippen molar-refractivity contribution >= 4 is 22.8 Å². The van der Waals surface area contributed by atoms with Gasteiger partial charge in [0.25, 0.3) is 5.91 Å². The molecule has 0 unspecified atom stereocenters. The van der Waals surface area contributed by atoms with Gasteiger partial charge in [-0.05, 0) is 44.4 Å². The molecule has 1 saturated carbocycles. The largest absolute Gasteiger partial charge is 0.466 e. The lowest BCUT2D eigenvalue weighted by molar-refractivity contribution is -0.145. The molecular formula is C23H26N4O3. The fraction of sp³-hybridized carbons (Fsp3) is 0.391. The number of hydrogen-bond donors (Lipinski definition) is 0. The van der Waals surface area contributed by atoms with Crippen LogP contribution in [0.25, 0.3) is 10.9 Å². The molecule has 1 amide bonds. The Morgan fingerprint density at radius 1 is 1.27 bits per heavy atom. The van der Waals surface area contributed by atoms with Crippen LogP contribution in [0.5, 0.6) is 0 Å². The van der Waals surface area contributed by atoms with Crippen molar-refractivity contribution < 1.29 is 14.3 Å². The van der Waals surface area contributed by atoms with Crippen molar-refractivity contribution in [3.05, 3.63) is 59.5 Å². The maximum absolute atomic E-state index is 13.6. The summed E-state index contributed by atoms with van der Waals surface area (Å²) >= 11 is 0. The van der Waals surface area contributed by atoms with Gasteiger partial charge >= 0.3 is 5.97 Å². The van der Waals surface area contributed by atoms with Gasteiger partial charge in [0.2, 0.25) is 0 Å². The van der Waals surface area contributed by atoms with E-state index in [1.807, 2.05) is 51.2 Å².